The van der Waals surface area contributed by atoms with Gasteiger partial charge in [-0.3, -0.25) is 19.2 Å². The minimum absolute atomic E-state index is 0.0784. The van der Waals surface area contributed by atoms with Crippen LogP contribution in [0, 0.1) is 0 Å². The number of hydrogen-bond acceptors (Lipinski definition) is 5. The topological polar surface area (TPSA) is 116 Å². The first-order valence-corrected chi connectivity index (χ1v) is 6.74. The molecule has 4 N–H and O–H groups in total. The predicted octanol–water partition coefficient (Wildman–Crippen LogP) is -1.69. The van der Waals surface area contributed by atoms with Crippen LogP contribution in [-0.2, 0) is 19.2 Å². The first-order valence-electron chi connectivity index (χ1n) is 6.74. The predicted molar refractivity (Wildman–Crippen MR) is 77.4 cm³/mol. The second kappa shape index (κ2) is 9.06. The van der Waals surface area contributed by atoms with E-state index in [1.807, 2.05) is 0 Å². The lowest BCUT2D eigenvalue weighted by atomic mass is 10.2. The number of hydrogen-bond donors (Lipinski definition) is 4. The first-order chi connectivity index (χ1) is 9.68. The van der Waals surface area contributed by atoms with Gasteiger partial charge in [0.1, 0.15) is 17.9 Å². The van der Waals surface area contributed by atoms with Gasteiger partial charge in [0.05, 0.1) is 12.6 Å². The van der Waals surface area contributed by atoms with Gasteiger partial charge in [0.25, 0.3) is 0 Å². The molecule has 3 atom stereocenters. The maximum Gasteiger partial charge on any atom is 0.242 e. The highest BCUT2D eigenvalue weighted by Crippen LogP contribution is 1.90. The van der Waals surface area contributed by atoms with Gasteiger partial charge in [-0.25, -0.2) is 0 Å². The lowest BCUT2D eigenvalue weighted by Gasteiger charge is -2.19. The number of nitrogens with one attached hydrogen (secondary N) is 4. The summed E-state index contributed by atoms with van der Waals surface area (Å²) >= 11 is 0. The monoisotopic (exact) mass is 300 g/mol. The zero-order valence-corrected chi connectivity index (χ0v) is 13.1. The Morgan fingerprint density at radius 3 is 1.67 bits per heavy atom. The smallest absolute Gasteiger partial charge is 0.242 e. The van der Waals surface area contributed by atoms with Crippen LogP contribution in [-0.4, -0.2) is 55.2 Å². The second-order valence-corrected chi connectivity index (χ2v) is 4.89. The third-order valence-corrected chi connectivity index (χ3v) is 2.84. The van der Waals surface area contributed by atoms with Crippen molar-refractivity contribution in [1.29, 1.82) is 0 Å². The van der Waals surface area contributed by atoms with Gasteiger partial charge >= 0.3 is 0 Å². The molecule has 21 heavy (non-hydrogen) atoms. The maximum atomic E-state index is 11.8. The van der Waals surface area contributed by atoms with Gasteiger partial charge in [-0.1, -0.05) is 0 Å². The SMILES string of the molecule is CN[C@@H](C)C(=O)N[C@@H](C)C(=O)N[C@@H](C)C(=O)NCC(C)=O. The van der Waals surface area contributed by atoms with Crippen molar-refractivity contribution in [2.45, 2.75) is 45.8 Å². The summed E-state index contributed by atoms with van der Waals surface area (Å²) in [6, 6.07) is -1.98. The van der Waals surface area contributed by atoms with E-state index in [-0.39, 0.29) is 18.2 Å². The van der Waals surface area contributed by atoms with Crippen molar-refractivity contribution < 1.29 is 19.2 Å². The summed E-state index contributed by atoms with van der Waals surface area (Å²) in [4.78, 5) is 45.8. The highest BCUT2D eigenvalue weighted by atomic mass is 16.2. The molecule has 0 bridgehead atoms. The molecule has 0 aliphatic heterocycles. The van der Waals surface area contributed by atoms with Gasteiger partial charge in [-0.15, -0.1) is 0 Å². The van der Waals surface area contributed by atoms with E-state index in [1.165, 1.54) is 20.8 Å². The molecule has 120 valence electrons. The standard InChI is InChI=1S/C13H24N4O4/c1-7(18)6-15-11(19)9(3)16-13(21)10(4)17-12(20)8(2)14-5/h8-10,14H,6H2,1-5H3,(H,15,19)(H,16,21)(H,17,20)/t8-,9-,10-/m0/s1. The van der Waals surface area contributed by atoms with Crippen LogP contribution in [0.4, 0.5) is 0 Å². The Kier molecular flexibility index (Phi) is 8.22. The van der Waals surface area contributed by atoms with Crippen LogP contribution in [0.15, 0.2) is 0 Å². The van der Waals surface area contributed by atoms with E-state index >= 15 is 0 Å². The van der Waals surface area contributed by atoms with Crippen molar-refractivity contribution in [2.75, 3.05) is 13.6 Å². The fourth-order valence-electron chi connectivity index (χ4n) is 1.30. The molecule has 0 saturated carbocycles. The molecule has 0 aliphatic carbocycles. The number of Topliss-reactive ketones (excluding diaryl/α,β-unsaturated/α-hetero) is 1. The van der Waals surface area contributed by atoms with Crippen LogP contribution < -0.4 is 21.3 Å². The minimum Gasteiger partial charge on any atom is -0.347 e. The van der Waals surface area contributed by atoms with Gasteiger partial charge < -0.3 is 21.3 Å². The fraction of sp³-hybridized carbons (Fsp3) is 0.692. The Labute approximate surface area is 124 Å². The van der Waals surface area contributed by atoms with E-state index in [0.29, 0.717) is 0 Å². The van der Waals surface area contributed by atoms with Gasteiger partial charge in [-0.05, 0) is 34.7 Å². The van der Waals surface area contributed by atoms with Crippen molar-refractivity contribution in [3.05, 3.63) is 0 Å². The van der Waals surface area contributed by atoms with E-state index in [0.717, 1.165) is 0 Å². The maximum absolute atomic E-state index is 11.8. The molecule has 0 fully saturated rings. The average Bonchev–Trinajstić information content (AvgIpc) is 2.42. The van der Waals surface area contributed by atoms with Crippen LogP contribution in [0.5, 0.6) is 0 Å². The zero-order chi connectivity index (χ0) is 16.6. The highest BCUT2D eigenvalue weighted by Gasteiger charge is 2.22. The molecule has 0 heterocycles. The van der Waals surface area contributed by atoms with Gasteiger partial charge in [0.2, 0.25) is 17.7 Å². The summed E-state index contributed by atoms with van der Waals surface area (Å²) < 4.78 is 0. The minimum atomic E-state index is -0.794. The first kappa shape index (κ1) is 19.0. The third kappa shape index (κ3) is 7.40. The molecule has 0 aromatic rings. The molecule has 0 aliphatic rings. The quantitative estimate of drug-likeness (QED) is 0.427. The summed E-state index contributed by atoms with van der Waals surface area (Å²) in [5.74, 6) is -1.42. The van der Waals surface area contributed by atoms with Crippen LogP contribution in [0.25, 0.3) is 0 Å². The van der Waals surface area contributed by atoms with Crippen molar-refractivity contribution in [3.63, 3.8) is 0 Å². The van der Waals surface area contributed by atoms with Gasteiger partial charge in [0.15, 0.2) is 0 Å². The van der Waals surface area contributed by atoms with Crippen molar-refractivity contribution >= 4 is 23.5 Å². The summed E-state index contributed by atoms with van der Waals surface area (Å²) in [7, 11) is 1.64. The highest BCUT2D eigenvalue weighted by molar-refractivity contribution is 5.93. The Bertz CT molecular complexity index is 411. The molecule has 8 heteroatoms. The molecule has 0 saturated heterocycles. The summed E-state index contributed by atoms with van der Waals surface area (Å²) in [5.41, 5.74) is 0. The summed E-state index contributed by atoms with van der Waals surface area (Å²) in [5, 5.41) is 10.1. The number of carbonyl (C=O) groups is 4. The third-order valence-electron chi connectivity index (χ3n) is 2.84. The number of amides is 3. The van der Waals surface area contributed by atoms with Crippen molar-refractivity contribution in [1.82, 2.24) is 21.3 Å². The van der Waals surface area contributed by atoms with E-state index in [9.17, 15) is 19.2 Å². The molecule has 0 unspecified atom stereocenters. The number of rotatable bonds is 8. The molecule has 0 spiro atoms. The van der Waals surface area contributed by atoms with Crippen molar-refractivity contribution in [2.24, 2.45) is 0 Å². The Hall–Kier alpha value is -1.96. The average molecular weight is 300 g/mol. The van der Waals surface area contributed by atoms with E-state index < -0.39 is 29.9 Å². The van der Waals surface area contributed by atoms with Crippen LogP contribution in [0.1, 0.15) is 27.7 Å². The van der Waals surface area contributed by atoms with Crippen LogP contribution in [0.3, 0.4) is 0 Å². The van der Waals surface area contributed by atoms with Gasteiger partial charge in [0, 0.05) is 0 Å². The molecule has 3 amide bonds. The molecular formula is C13H24N4O4. The number of ketones is 1. The van der Waals surface area contributed by atoms with Crippen molar-refractivity contribution in [3.8, 4) is 0 Å². The van der Waals surface area contributed by atoms with E-state index in [1.54, 1.807) is 14.0 Å². The summed E-state index contributed by atoms with van der Waals surface area (Å²) in [6.07, 6.45) is 0. The fourth-order valence-corrected chi connectivity index (χ4v) is 1.30. The number of carbonyl (C=O) groups excluding carboxylic acids is 4. The van der Waals surface area contributed by atoms with Crippen LogP contribution in [0.2, 0.25) is 0 Å². The second-order valence-electron chi connectivity index (χ2n) is 4.89. The molecule has 0 radical (unpaired) electrons. The van der Waals surface area contributed by atoms with Crippen LogP contribution >= 0.6 is 0 Å². The molecule has 0 aromatic carbocycles. The normalized spacial score (nSPS) is 14.5. The lowest BCUT2D eigenvalue weighted by Crippen LogP contribution is -2.54. The largest absolute Gasteiger partial charge is 0.347 e. The Balaban J connectivity index is 4.30. The molecule has 0 aromatic heterocycles. The molecule has 8 nitrogen and oxygen atoms in total. The Morgan fingerprint density at radius 1 is 0.810 bits per heavy atom. The summed E-state index contributed by atoms with van der Waals surface area (Å²) in [6.45, 7) is 5.96. The van der Waals surface area contributed by atoms with Gasteiger partial charge in [-0.2, -0.15) is 0 Å². The molecular weight excluding hydrogens is 276 g/mol. The zero-order valence-electron chi connectivity index (χ0n) is 13.1. The Morgan fingerprint density at radius 2 is 1.24 bits per heavy atom. The number of likely N-dealkylation sites (N-methyl/N-ethyl adjacent to an activating group) is 1. The van der Waals surface area contributed by atoms with E-state index in [4.69, 9.17) is 0 Å². The van der Waals surface area contributed by atoms with E-state index in [2.05, 4.69) is 21.3 Å². The lowest BCUT2D eigenvalue weighted by molar-refractivity contribution is -0.132. The molecule has 0 rings (SSSR count).